The van der Waals surface area contributed by atoms with E-state index in [4.69, 9.17) is 34.4 Å². The van der Waals surface area contributed by atoms with Crippen LogP contribution in [-0.4, -0.2) is 28.2 Å². The van der Waals surface area contributed by atoms with Crippen molar-refractivity contribution in [3.63, 3.8) is 0 Å². The third-order valence-electron chi connectivity index (χ3n) is 5.74. The first-order chi connectivity index (χ1) is 17.9. The molecule has 1 aromatic heterocycles. The summed E-state index contributed by atoms with van der Waals surface area (Å²) in [5, 5.41) is 3.45. The lowest BCUT2D eigenvalue weighted by atomic mass is 10.1. The van der Waals surface area contributed by atoms with Crippen molar-refractivity contribution in [3.05, 3.63) is 110 Å². The second-order valence-corrected chi connectivity index (χ2v) is 9.82. The van der Waals surface area contributed by atoms with Gasteiger partial charge >= 0.3 is 0 Å². The molecule has 0 atom stereocenters. The average molecular weight is 545 g/mol. The number of imide groups is 1. The third-order valence-corrected chi connectivity index (χ3v) is 7.19. The second-order valence-electron chi connectivity index (χ2n) is 8.12. The maximum atomic E-state index is 12.6. The number of terminal acetylenes is 1. The van der Waals surface area contributed by atoms with Crippen LogP contribution in [0.5, 0.6) is 11.5 Å². The number of amides is 2. The van der Waals surface area contributed by atoms with Crippen LogP contribution in [0.15, 0.2) is 72.1 Å². The second kappa shape index (κ2) is 10.6. The summed E-state index contributed by atoms with van der Waals surface area (Å²) in [6.07, 6.45) is 8.09. The van der Waals surface area contributed by atoms with E-state index in [0.717, 1.165) is 11.3 Å². The van der Waals surface area contributed by atoms with Crippen LogP contribution in [0.25, 0.3) is 11.6 Å². The van der Waals surface area contributed by atoms with E-state index in [1.54, 1.807) is 42.5 Å². The van der Waals surface area contributed by atoms with Gasteiger partial charge in [0.25, 0.3) is 11.8 Å². The van der Waals surface area contributed by atoms with Crippen molar-refractivity contribution in [1.82, 2.24) is 9.88 Å². The maximum Gasteiger partial charge on any atom is 0.261 e. The molecular weight excluding hydrogens is 527 g/mol. The molecule has 0 saturated heterocycles. The Morgan fingerprint density at radius 3 is 2.41 bits per heavy atom. The van der Waals surface area contributed by atoms with E-state index in [-0.39, 0.29) is 18.4 Å². The van der Waals surface area contributed by atoms with Gasteiger partial charge < -0.3 is 4.74 Å². The Balaban J connectivity index is 1.33. The molecule has 0 spiro atoms. The smallest absolute Gasteiger partial charge is 0.261 e. The summed E-state index contributed by atoms with van der Waals surface area (Å²) in [5.74, 6) is 3.19. The number of ether oxygens (including phenoxy) is 1. The van der Waals surface area contributed by atoms with Gasteiger partial charge in [-0.2, -0.15) is 0 Å². The van der Waals surface area contributed by atoms with Crippen LogP contribution in [-0.2, 0) is 6.42 Å². The van der Waals surface area contributed by atoms with Gasteiger partial charge in [-0.1, -0.05) is 59.5 Å². The number of thiazole rings is 1. The summed E-state index contributed by atoms with van der Waals surface area (Å²) in [5.41, 5.74) is 2.95. The van der Waals surface area contributed by atoms with Gasteiger partial charge in [0.15, 0.2) is 0 Å². The highest BCUT2D eigenvalue weighted by Gasteiger charge is 2.34. The Morgan fingerprint density at radius 2 is 1.70 bits per heavy atom. The Bertz CT molecular complexity index is 1570. The van der Waals surface area contributed by atoms with Crippen molar-refractivity contribution in [3.8, 4) is 23.8 Å². The fourth-order valence-electron chi connectivity index (χ4n) is 3.90. The molecule has 5 rings (SSSR count). The van der Waals surface area contributed by atoms with E-state index in [1.165, 1.54) is 16.2 Å². The number of allylic oxidation sites excluding steroid dienone is 1. The number of rotatable bonds is 7. The lowest BCUT2D eigenvalue weighted by molar-refractivity contribution is 0.0656. The highest BCUT2D eigenvalue weighted by Crippen LogP contribution is 2.34. The zero-order chi connectivity index (χ0) is 25.9. The van der Waals surface area contributed by atoms with E-state index in [2.05, 4.69) is 10.9 Å². The van der Waals surface area contributed by atoms with Gasteiger partial charge in [0.05, 0.1) is 27.4 Å². The average Bonchev–Trinajstić information content (AvgIpc) is 3.47. The van der Waals surface area contributed by atoms with Crippen LogP contribution in [0.1, 0.15) is 37.0 Å². The highest BCUT2D eigenvalue weighted by molar-refractivity contribution is 7.11. The van der Waals surface area contributed by atoms with Gasteiger partial charge in [0, 0.05) is 28.9 Å². The fourth-order valence-corrected chi connectivity index (χ4v) is 5.18. The minimum atomic E-state index is -0.280. The molecule has 37 heavy (non-hydrogen) atoms. The SMILES string of the molecule is C#C/C(=C\c1ccccc1Oc1ccc(Cl)cc1Cl)c1nc(CCN2C(=O)c3ccccc3C2=O)cs1. The molecule has 8 heteroatoms. The first kappa shape index (κ1) is 24.8. The third kappa shape index (κ3) is 5.16. The van der Waals surface area contributed by atoms with Crippen LogP contribution in [0.4, 0.5) is 0 Å². The normalized spacial score (nSPS) is 13.0. The fraction of sp³-hybridized carbons (Fsp3) is 0.0690. The number of hydrogen-bond acceptors (Lipinski definition) is 5. The zero-order valence-corrected chi connectivity index (χ0v) is 21.6. The predicted octanol–water partition coefficient (Wildman–Crippen LogP) is 7.25. The molecule has 0 fully saturated rings. The van der Waals surface area contributed by atoms with Crippen molar-refractivity contribution in [2.45, 2.75) is 6.42 Å². The number of nitrogens with zero attached hydrogens (tertiary/aromatic N) is 2. The van der Waals surface area contributed by atoms with Gasteiger partial charge in [-0.05, 0) is 42.5 Å². The molecular formula is C29H18Cl2N2O3S. The van der Waals surface area contributed by atoms with E-state index in [9.17, 15) is 9.59 Å². The van der Waals surface area contributed by atoms with Gasteiger partial charge in [-0.3, -0.25) is 14.5 Å². The molecule has 1 aliphatic rings. The van der Waals surface area contributed by atoms with Gasteiger partial charge in [-0.25, -0.2) is 4.98 Å². The number of aromatic nitrogens is 1. The van der Waals surface area contributed by atoms with E-state index in [1.807, 2.05) is 35.7 Å². The number of carbonyl (C=O) groups excluding carboxylic acids is 2. The first-order valence-electron chi connectivity index (χ1n) is 11.2. The van der Waals surface area contributed by atoms with Crippen molar-refractivity contribution >= 4 is 58.0 Å². The quantitative estimate of drug-likeness (QED) is 0.181. The summed E-state index contributed by atoms with van der Waals surface area (Å²) >= 11 is 13.7. The van der Waals surface area contributed by atoms with Crippen LogP contribution in [0, 0.1) is 12.3 Å². The Labute approximate surface area is 227 Å². The number of halogens is 2. The molecule has 0 radical (unpaired) electrons. The Morgan fingerprint density at radius 1 is 1.00 bits per heavy atom. The minimum Gasteiger partial charge on any atom is -0.455 e. The Kier molecular flexibility index (Phi) is 7.11. The number of hydrogen-bond donors (Lipinski definition) is 0. The lowest BCUT2D eigenvalue weighted by Crippen LogP contribution is -2.31. The largest absolute Gasteiger partial charge is 0.455 e. The minimum absolute atomic E-state index is 0.239. The molecule has 3 aromatic carbocycles. The molecule has 0 N–H and O–H groups in total. The summed E-state index contributed by atoms with van der Waals surface area (Å²) in [6.45, 7) is 0.239. The molecule has 0 aliphatic carbocycles. The van der Waals surface area contributed by atoms with E-state index < -0.39 is 0 Å². The number of para-hydroxylation sites is 1. The van der Waals surface area contributed by atoms with Crippen LogP contribution >= 0.6 is 34.5 Å². The molecule has 0 bridgehead atoms. The molecule has 0 unspecified atom stereocenters. The zero-order valence-electron chi connectivity index (χ0n) is 19.3. The molecule has 5 nitrogen and oxygen atoms in total. The number of benzene rings is 3. The van der Waals surface area contributed by atoms with Crippen LogP contribution in [0.2, 0.25) is 10.0 Å². The number of fused-ring (bicyclic) bond motifs is 1. The molecule has 2 heterocycles. The molecule has 4 aromatic rings. The molecule has 182 valence electrons. The van der Waals surface area contributed by atoms with Crippen LogP contribution in [0.3, 0.4) is 0 Å². The highest BCUT2D eigenvalue weighted by atomic mass is 35.5. The van der Waals surface area contributed by atoms with Crippen molar-refractivity contribution < 1.29 is 14.3 Å². The summed E-state index contributed by atoms with van der Waals surface area (Å²) < 4.78 is 6.03. The summed E-state index contributed by atoms with van der Waals surface area (Å²) in [7, 11) is 0. The van der Waals surface area contributed by atoms with Crippen LogP contribution < -0.4 is 4.74 Å². The monoisotopic (exact) mass is 544 g/mol. The molecule has 0 saturated carbocycles. The van der Waals surface area contributed by atoms with E-state index >= 15 is 0 Å². The summed E-state index contributed by atoms with van der Waals surface area (Å²) in [6, 6.07) is 19.3. The van der Waals surface area contributed by atoms with Gasteiger partial charge in [0.2, 0.25) is 0 Å². The van der Waals surface area contributed by atoms with Crippen molar-refractivity contribution in [1.29, 1.82) is 0 Å². The maximum absolute atomic E-state index is 12.6. The van der Waals surface area contributed by atoms with Gasteiger partial charge in [-0.15, -0.1) is 17.8 Å². The molecule has 1 aliphatic heterocycles. The topological polar surface area (TPSA) is 59.5 Å². The lowest BCUT2D eigenvalue weighted by Gasteiger charge is -2.12. The predicted molar refractivity (Wildman–Crippen MR) is 147 cm³/mol. The van der Waals surface area contributed by atoms with Crippen molar-refractivity contribution in [2.75, 3.05) is 6.54 Å². The van der Waals surface area contributed by atoms with Crippen molar-refractivity contribution in [2.24, 2.45) is 0 Å². The Hall–Kier alpha value is -3.89. The number of carbonyl (C=O) groups is 2. The van der Waals surface area contributed by atoms with E-state index in [0.29, 0.717) is 49.7 Å². The summed E-state index contributed by atoms with van der Waals surface area (Å²) in [4.78, 5) is 31.2. The standard InChI is InChI=1S/C29H18Cl2N2O3S/c1-2-18(15-19-7-3-6-10-25(19)36-26-12-11-20(30)16-24(26)31)27-32-21(17-37-27)13-14-33-28(34)22-8-4-5-9-23(22)29(33)35/h1,3-12,15-17H,13-14H2/b18-15+. The van der Waals surface area contributed by atoms with Gasteiger partial charge in [0.1, 0.15) is 16.5 Å². The first-order valence-corrected chi connectivity index (χ1v) is 12.9. The molecule has 2 amide bonds.